The molecule has 0 aliphatic carbocycles. The fourth-order valence-electron chi connectivity index (χ4n) is 2.49. The van der Waals surface area contributed by atoms with E-state index in [9.17, 15) is 0 Å². The highest BCUT2D eigenvalue weighted by Gasteiger charge is 2.12. The van der Waals surface area contributed by atoms with E-state index in [0.29, 0.717) is 21.9 Å². The molecule has 2 rings (SSSR count). The molecule has 0 aliphatic heterocycles. The number of unbranched alkanes of at least 4 members (excludes halogenated alkanes) is 4. The molecule has 0 radical (unpaired) electrons. The molecule has 0 saturated carbocycles. The molecule has 0 amide bonds. The van der Waals surface area contributed by atoms with Gasteiger partial charge in [-0.05, 0) is 24.3 Å². The van der Waals surface area contributed by atoms with E-state index < -0.39 is 0 Å². The molecule has 3 nitrogen and oxygen atoms in total. The number of nitrogens with zero attached hydrogens (tertiary/aromatic N) is 2. The second-order valence-electron chi connectivity index (χ2n) is 6.05. The van der Waals surface area contributed by atoms with E-state index in [1.54, 1.807) is 12.1 Å². The van der Waals surface area contributed by atoms with E-state index in [1.165, 1.54) is 32.1 Å². The van der Waals surface area contributed by atoms with Crippen molar-refractivity contribution in [3.05, 3.63) is 47.0 Å². The Hall–Kier alpha value is -0.840. The summed E-state index contributed by atoms with van der Waals surface area (Å²) in [6.07, 6.45) is 12.2. The second kappa shape index (κ2) is 11.7. The molecule has 1 aromatic heterocycles. The topological polar surface area (TPSA) is 27.1 Å². The number of hydrogen-bond acceptors (Lipinski definition) is 3. The van der Waals surface area contributed by atoms with Crippen LogP contribution in [0.1, 0.15) is 39.0 Å². The maximum Gasteiger partial charge on any atom is 0.120 e. The van der Waals surface area contributed by atoms with E-state index in [1.807, 2.05) is 36.5 Å². The summed E-state index contributed by atoms with van der Waals surface area (Å²) in [5.74, 6) is 1.92. The Morgan fingerprint density at radius 1 is 1.16 bits per heavy atom. The number of imidazole rings is 1. The molecule has 0 N–H and O–H groups in total. The standard InChI is InChI=1S/C19H26Cl2N2OS/c1-2-3-4-5-6-11-25-17(13-23-10-9-22-15-23)14-24-16-7-8-18(20)19(21)12-16/h7-10,12,15,17H,2-6,11,13-14H2,1H3. The number of benzene rings is 1. The molecular formula is C19H26Cl2N2OS. The van der Waals surface area contributed by atoms with E-state index in [2.05, 4.69) is 16.5 Å². The van der Waals surface area contributed by atoms with Crippen LogP contribution in [0.5, 0.6) is 5.75 Å². The zero-order chi connectivity index (χ0) is 17.9. The lowest BCUT2D eigenvalue weighted by molar-refractivity contribution is 0.308. The minimum atomic E-state index is 0.370. The number of halogens is 2. The molecule has 138 valence electrons. The number of aromatic nitrogens is 2. The second-order valence-corrected chi connectivity index (χ2v) is 8.28. The summed E-state index contributed by atoms with van der Waals surface area (Å²) in [4.78, 5) is 4.13. The van der Waals surface area contributed by atoms with Crippen LogP contribution in [0.25, 0.3) is 0 Å². The normalized spacial score (nSPS) is 12.3. The summed E-state index contributed by atoms with van der Waals surface area (Å²) < 4.78 is 8.05. The average Bonchev–Trinajstić information content (AvgIpc) is 3.11. The van der Waals surface area contributed by atoms with Crippen LogP contribution in [0.4, 0.5) is 0 Å². The molecule has 0 spiro atoms. The lowest BCUT2D eigenvalue weighted by Crippen LogP contribution is -2.21. The van der Waals surface area contributed by atoms with Crippen LogP contribution in [0.2, 0.25) is 10.0 Å². The van der Waals surface area contributed by atoms with Gasteiger partial charge in [-0.2, -0.15) is 11.8 Å². The van der Waals surface area contributed by atoms with Crippen LogP contribution in [0.3, 0.4) is 0 Å². The number of thioether (sulfide) groups is 1. The highest BCUT2D eigenvalue weighted by molar-refractivity contribution is 7.99. The third-order valence-electron chi connectivity index (χ3n) is 3.90. The Morgan fingerprint density at radius 3 is 2.72 bits per heavy atom. The smallest absolute Gasteiger partial charge is 0.120 e. The van der Waals surface area contributed by atoms with Crippen LogP contribution in [-0.4, -0.2) is 27.2 Å². The first-order valence-corrected chi connectivity index (χ1v) is 10.6. The molecule has 1 unspecified atom stereocenters. The molecule has 0 saturated heterocycles. The summed E-state index contributed by atoms with van der Waals surface area (Å²) in [7, 11) is 0. The monoisotopic (exact) mass is 400 g/mol. The summed E-state index contributed by atoms with van der Waals surface area (Å²) >= 11 is 14.0. The third-order valence-corrected chi connectivity index (χ3v) is 5.92. The van der Waals surface area contributed by atoms with Crippen molar-refractivity contribution in [2.75, 3.05) is 12.4 Å². The predicted octanol–water partition coefficient (Wildman–Crippen LogP) is 6.34. The van der Waals surface area contributed by atoms with Crippen LogP contribution >= 0.6 is 35.0 Å². The van der Waals surface area contributed by atoms with Crippen LogP contribution < -0.4 is 4.74 Å². The summed E-state index contributed by atoms with van der Waals surface area (Å²) in [5.41, 5.74) is 0. The van der Waals surface area contributed by atoms with Gasteiger partial charge in [-0.15, -0.1) is 0 Å². The van der Waals surface area contributed by atoms with Gasteiger partial charge in [0.25, 0.3) is 0 Å². The molecule has 1 atom stereocenters. The van der Waals surface area contributed by atoms with E-state index in [4.69, 9.17) is 27.9 Å². The summed E-state index contributed by atoms with van der Waals surface area (Å²) in [6.45, 7) is 3.77. The van der Waals surface area contributed by atoms with Crippen molar-refractivity contribution >= 4 is 35.0 Å². The molecule has 0 bridgehead atoms. The quantitative estimate of drug-likeness (QED) is 0.388. The van der Waals surface area contributed by atoms with Gasteiger partial charge in [0.05, 0.1) is 21.6 Å². The van der Waals surface area contributed by atoms with Crippen molar-refractivity contribution in [1.29, 1.82) is 0 Å². The maximum absolute atomic E-state index is 6.06. The van der Waals surface area contributed by atoms with Crippen molar-refractivity contribution in [1.82, 2.24) is 9.55 Å². The van der Waals surface area contributed by atoms with Gasteiger partial charge in [0, 0.05) is 25.0 Å². The van der Waals surface area contributed by atoms with Gasteiger partial charge < -0.3 is 9.30 Å². The fourth-order valence-corrected chi connectivity index (χ4v) is 3.93. The Kier molecular flexibility index (Phi) is 9.59. The average molecular weight is 401 g/mol. The zero-order valence-corrected chi connectivity index (χ0v) is 17.0. The number of hydrogen-bond donors (Lipinski definition) is 0. The number of rotatable bonds is 12. The van der Waals surface area contributed by atoms with Crippen LogP contribution in [-0.2, 0) is 6.54 Å². The third kappa shape index (κ3) is 7.93. The number of ether oxygens (including phenoxy) is 1. The largest absolute Gasteiger partial charge is 0.492 e. The Labute approximate surface area is 165 Å². The van der Waals surface area contributed by atoms with Crippen LogP contribution in [0.15, 0.2) is 36.9 Å². The Bertz CT molecular complexity index is 607. The van der Waals surface area contributed by atoms with Crippen molar-refractivity contribution < 1.29 is 4.74 Å². The van der Waals surface area contributed by atoms with Gasteiger partial charge in [0.15, 0.2) is 0 Å². The van der Waals surface area contributed by atoms with Gasteiger partial charge in [0.1, 0.15) is 12.4 Å². The molecule has 0 aliphatic rings. The van der Waals surface area contributed by atoms with Gasteiger partial charge >= 0.3 is 0 Å². The lowest BCUT2D eigenvalue weighted by atomic mass is 10.2. The van der Waals surface area contributed by atoms with Crippen molar-refractivity contribution in [2.45, 2.75) is 50.8 Å². The SMILES string of the molecule is CCCCCCCSC(COc1ccc(Cl)c(Cl)c1)Cn1ccnc1. The first kappa shape index (κ1) is 20.5. The van der Waals surface area contributed by atoms with Crippen molar-refractivity contribution in [3.8, 4) is 5.75 Å². The highest BCUT2D eigenvalue weighted by Crippen LogP contribution is 2.27. The van der Waals surface area contributed by atoms with Gasteiger partial charge in [-0.25, -0.2) is 4.98 Å². The van der Waals surface area contributed by atoms with Gasteiger partial charge in [-0.3, -0.25) is 0 Å². The van der Waals surface area contributed by atoms with Crippen molar-refractivity contribution in [2.24, 2.45) is 0 Å². The Morgan fingerprint density at radius 2 is 2.00 bits per heavy atom. The van der Waals surface area contributed by atoms with E-state index in [-0.39, 0.29) is 0 Å². The molecular weight excluding hydrogens is 375 g/mol. The van der Waals surface area contributed by atoms with Gasteiger partial charge in [-0.1, -0.05) is 55.8 Å². The maximum atomic E-state index is 6.06. The molecule has 1 aromatic carbocycles. The fraction of sp³-hybridized carbons (Fsp3) is 0.526. The van der Waals surface area contributed by atoms with E-state index in [0.717, 1.165) is 18.0 Å². The van der Waals surface area contributed by atoms with Gasteiger partial charge in [0.2, 0.25) is 0 Å². The molecule has 0 fully saturated rings. The minimum absolute atomic E-state index is 0.370. The summed E-state index contributed by atoms with van der Waals surface area (Å²) in [6, 6.07) is 5.40. The highest BCUT2D eigenvalue weighted by atomic mass is 35.5. The minimum Gasteiger partial charge on any atom is -0.492 e. The van der Waals surface area contributed by atoms with E-state index >= 15 is 0 Å². The first-order chi connectivity index (χ1) is 12.2. The molecule has 2 aromatic rings. The zero-order valence-electron chi connectivity index (χ0n) is 14.7. The Balaban J connectivity index is 1.81. The van der Waals surface area contributed by atoms with Crippen LogP contribution in [0, 0.1) is 0 Å². The lowest BCUT2D eigenvalue weighted by Gasteiger charge is -2.18. The first-order valence-electron chi connectivity index (χ1n) is 8.84. The molecule has 6 heteroatoms. The summed E-state index contributed by atoms with van der Waals surface area (Å²) in [5, 5.41) is 1.44. The predicted molar refractivity (Wildman–Crippen MR) is 109 cm³/mol. The molecule has 25 heavy (non-hydrogen) atoms. The molecule has 1 heterocycles. The van der Waals surface area contributed by atoms with Crippen molar-refractivity contribution in [3.63, 3.8) is 0 Å².